The van der Waals surface area contributed by atoms with Gasteiger partial charge >= 0.3 is 0 Å². The summed E-state index contributed by atoms with van der Waals surface area (Å²) in [4.78, 5) is 12.4. The van der Waals surface area contributed by atoms with E-state index in [2.05, 4.69) is 43.5 Å². The second kappa shape index (κ2) is 6.32. The summed E-state index contributed by atoms with van der Waals surface area (Å²) in [6.45, 7) is 1.99. The number of hydrogen-bond donors (Lipinski definition) is 3. The lowest BCUT2D eigenvalue weighted by Gasteiger charge is -2.34. The number of fused-ring (bicyclic) bond motifs is 2. The van der Waals surface area contributed by atoms with Crippen LogP contribution in [0.4, 0.5) is 23.1 Å². The fourth-order valence-corrected chi connectivity index (χ4v) is 4.42. The van der Waals surface area contributed by atoms with E-state index in [1.54, 1.807) is 6.07 Å². The molecule has 2 saturated heterocycles. The standard InChI is InChI=1S/C19H22ClN7/c1-26-9-14-6-13(26)10-27(14)16-5-11(7-21)4-15(18(16)20)24-19-22-8-17(25-19)23-12-2-3-12/h4-5,8,12-14,23H,2-3,6,9-10H2,1H3,(H2,22,24,25)/t13-,14-/m1/s1. The van der Waals surface area contributed by atoms with Gasteiger partial charge in [0.15, 0.2) is 0 Å². The molecule has 7 nitrogen and oxygen atoms in total. The summed E-state index contributed by atoms with van der Waals surface area (Å²) in [6.07, 6.45) is 5.39. The fraction of sp³-hybridized carbons (Fsp3) is 0.474. The number of aromatic nitrogens is 2. The molecule has 2 atom stereocenters. The highest BCUT2D eigenvalue weighted by molar-refractivity contribution is 6.36. The minimum atomic E-state index is 0.456. The van der Waals surface area contributed by atoms with Crippen molar-refractivity contribution in [1.82, 2.24) is 14.9 Å². The Morgan fingerprint density at radius 3 is 2.81 bits per heavy atom. The maximum Gasteiger partial charge on any atom is 0.206 e. The average molecular weight is 384 g/mol. The molecule has 1 aliphatic carbocycles. The maximum absolute atomic E-state index is 9.49. The van der Waals surface area contributed by atoms with Gasteiger partial charge in [0.2, 0.25) is 5.95 Å². The molecule has 2 bridgehead atoms. The predicted molar refractivity (Wildman–Crippen MR) is 107 cm³/mol. The van der Waals surface area contributed by atoms with Crippen molar-refractivity contribution in [3.8, 4) is 6.07 Å². The van der Waals surface area contributed by atoms with Crippen LogP contribution >= 0.6 is 11.6 Å². The van der Waals surface area contributed by atoms with Crippen molar-refractivity contribution in [2.24, 2.45) is 0 Å². The zero-order valence-electron chi connectivity index (χ0n) is 15.2. The van der Waals surface area contributed by atoms with Crippen LogP contribution in [-0.4, -0.2) is 53.1 Å². The normalized spacial score (nSPS) is 24.3. The number of benzene rings is 1. The van der Waals surface area contributed by atoms with E-state index in [1.807, 2.05) is 12.3 Å². The lowest BCUT2D eigenvalue weighted by Crippen LogP contribution is -2.44. The van der Waals surface area contributed by atoms with Gasteiger partial charge < -0.3 is 20.5 Å². The first-order chi connectivity index (χ1) is 13.1. The number of rotatable bonds is 5. The number of nitrogens with zero attached hydrogens (tertiary/aromatic N) is 4. The van der Waals surface area contributed by atoms with E-state index in [9.17, 15) is 5.26 Å². The lowest BCUT2D eigenvalue weighted by atomic mass is 10.1. The van der Waals surface area contributed by atoms with Crippen molar-refractivity contribution in [1.29, 1.82) is 5.26 Å². The lowest BCUT2D eigenvalue weighted by molar-refractivity contribution is 0.292. The molecule has 3 N–H and O–H groups in total. The summed E-state index contributed by atoms with van der Waals surface area (Å²) < 4.78 is 0. The van der Waals surface area contributed by atoms with Crippen molar-refractivity contribution in [2.45, 2.75) is 37.4 Å². The molecule has 5 rings (SSSR count). The van der Waals surface area contributed by atoms with Gasteiger partial charge in [-0.05, 0) is 38.4 Å². The third-order valence-electron chi connectivity index (χ3n) is 5.77. The number of hydrogen-bond acceptors (Lipinski definition) is 6. The second-order valence-corrected chi connectivity index (χ2v) is 8.16. The van der Waals surface area contributed by atoms with Crippen LogP contribution in [0.15, 0.2) is 18.3 Å². The molecule has 3 heterocycles. The Morgan fingerprint density at radius 1 is 1.30 bits per heavy atom. The van der Waals surface area contributed by atoms with Crippen molar-refractivity contribution in [3.63, 3.8) is 0 Å². The number of anilines is 4. The maximum atomic E-state index is 9.49. The van der Waals surface area contributed by atoms with E-state index in [0.29, 0.717) is 40.3 Å². The van der Waals surface area contributed by atoms with Crippen molar-refractivity contribution < 1.29 is 0 Å². The highest BCUT2D eigenvalue weighted by Crippen LogP contribution is 2.41. The number of H-pyrrole nitrogens is 1. The van der Waals surface area contributed by atoms with E-state index in [1.165, 1.54) is 12.8 Å². The number of nitrogens with one attached hydrogen (secondary N) is 3. The van der Waals surface area contributed by atoms with Gasteiger partial charge in [0.05, 0.1) is 28.0 Å². The Kier molecular flexibility index (Phi) is 3.92. The van der Waals surface area contributed by atoms with Gasteiger partial charge in [0, 0.05) is 37.4 Å². The fourth-order valence-electron chi connectivity index (χ4n) is 4.16. The van der Waals surface area contributed by atoms with Gasteiger partial charge in [0.1, 0.15) is 5.82 Å². The number of piperazine rings is 1. The number of imidazole rings is 1. The molecule has 140 valence electrons. The molecule has 1 saturated carbocycles. The molecule has 0 amide bonds. The molecular weight excluding hydrogens is 362 g/mol. The first-order valence-corrected chi connectivity index (χ1v) is 9.78. The smallest absolute Gasteiger partial charge is 0.206 e. The molecular formula is C19H22ClN7. The molecule has 3 fully saturated rings. The number of nitriles is 1. The summed E-state index contributed by atoms with van der Waals surface area (Å²) in [5.41, 5.74) is 2.23. The van der Waals surface area contributed by atoms with E-state index < -0.39 is 0 Å². The third kappa shape index (κ3) is 3.09. The van der Waals surface area contributed by atoms with E-state index >= 15 is 0 Å². The van der Waals surface area contributed by atoms with E-state index in [4.69, 9.17) is 11.6 Å². The van der Waals surface area contributed by atoms with Crippen molar-refractivity contribution >= 4 is 34.7 Å². The molecule has 2 aromatic rings. The number of aromatic amines is 1. The zero-order chi connectivity index (χ0) is 18.5. The van der Waals surface area contributed by atoms with Crippen LogP contribution in [0.3, 0.4) is 0 Å². The SMILES string of the molecule is CN1C[C@H]2C[C@@H]1CN2c1cc(C#N)cc(Nc2nc(NC3CC3)c[nH]2)c1Cl. The Bertz CT molecular complexity index is 911. The average Bonchev–Trinajstić information content (AvgIpc) is 3.04. The Morgan fingerprint density at radius 2 is 2.15 bits per heavy atom. The summed E-state index contributed by atoms with van der Waals surface area (Å²) in [7, 11) is 2.17. The Hall–Kier alpha value is -2.43. The van der Waals surface area contributed by atoms with Crippen LogP contribution in [0.5, 0.6) is 0 Å². The predicted octanol–water partition coefficient (Wildman–Crippen LogP) is 3.15. The number of likely N-dealkylation sites (N-methyl/N-ethyl adjacent to an activating group) is 1. The van der Waals surface area contributed by atoms with Gasteiger partial charge in [-0.1, -0.05) is 11.6 Å². The van der Waals surface area contributed by atoms with E-state index in [-0.39, 0.29) is 0 Å². The molecule has 27 heavy (non-hydrogen) atoms. The third-order valence-corrected chi connectivity index (χ3v) is 6.16. The number of halogens is 1. The van der Waals surface area contributed by atoms with Crippen LogP contribution in [0.1, 0.15) is 24.8 Å². The topological polar surface area (TPSA) is 83.0 Å². The molecule has 3 aliphatic rings. The van der Waals surface area contributed by atoms with Crippen molar-refractivity contribution in [2.75, 3.05) is 35.7 Å². The van der Waals surface area contributed by atoms with Gasteiger partial charge in [-0.15, -0.1) is 0 Å². The van der Waals surface area contributed by atoms with Gasteiger partial charge in [-0.25, -0.2) is 0 Å². The summed E-state index contributed by atoms with van der Waals surface area (Å²) >= 11 is 6.76. The van der Waals surface area contributed by atoms with Crippen molar-refractivity contribution in [3.05, 3.63) is 28.9 Å². The highest BCUT2D eigenvalue weighted by atomic mass is 35.5. The molecule has 0 radical (unpaired) electrons. The highest BCUT2D eigenvalue weighted by Gasteiger charge is 2.42. The van der Waals surface area contributed by atoms with Crippen LogP contribution in [0.25, 0.3) is 0 Å². The van der Waals surface area contributed by atoms with E-state index in [0.717, 1.165) is 31.0 Å². The quantitative estimate of drug-likeness (QED) is 0.735. The molecule has 0 unspecified atom stereocenters. The van der Waals surface area contributed by atoms with Crippen LogP contribution < -0.4 is 15.5 Å². The first kappa shape index (κ1) is 16.7. The minimum Gasteiger partial charge on any atom is -0.366 e. The molecule has 1 aromatic carbocycles. The molecule has 8 heteroatoms. The molecule has 2 aliphatic heterocycles. The monoisotopic (exact) mass is 383 g/mol. The summed E-state index contributed by atoms with van der Waals surface area (Å²) in [6, 6.07) is 7.50. The van der Waals surface area contributed by atoms with Gasteiger partial charge in [0.25, 0.3) is 0 Å². The van der Waals surface area contributed by atoms with Crippen LogP contribution in [0.2, 0.25) is 5.02 Å². The largest absolute Gasteiger partial charge is 0.366 e. The van der Waals surface area contributed by atoms with Gasteiger partial charge in [-0.2, -0.15) is 10.2 Å². The minimum absolute atomic E-state index is 0.456. The number of likely N-dealkylation sites (tertiary alicyclic amines) is 1. The first-order valence-electron chi connectivity index (χ1n) is 9.40. The van der Waals surface area contributed by atoms with Crippen LogP contribution in [-0.2, 0) is 0 Å². The second-order valence-electron chi connectivity index (χ2n) is 7.78. The summed E-state index contributed by atoms with van der Waals surface area (Å²) in [5, 5.41) is 16.7. The Balaban J connectivity index is 1.42. The summed E-state index contributed by atoms with van der Waals surface area (Å²) in [5.74, 6) is 1.44. The van der Waals surface area contributed by atoms with Gasteiger partial charge in [-0.3, -0.25) is 4.90 Å². The molecule has 0 spiro atoms. The zero-order valence-corrected chi connectivity index (χ0v) is 15.9. The molecule has 1 aromatic heterocycles. The van der Waals surface area contributed by atoms with Crippen LogP contribution in [0, 0.1) is 11.3 Å². The Labute approximate surface area is 163 Å².